The Balaban J connectivity index is 3.36. The summed E-state index contributed by atoms with van der Waals surface area (Å²) in [7, 11) is 0. The monoisotopic (exact) mass is 158 g/mol. The molecule has 0 radical (unpaired) electrons. The molecule has 0 aliphatic rings. The molecule has 0 unspecified atom stereocenters. The Morgan fingerprint density at radius 3 is 2.55 bits per heavy atom. The predicted molar refractivity (Wildman–Crippen MR) is 46.4 cm³/mol. The van der Waals surface area contributed by atoms with E-state index in [0.717, 1.165) is 13.0 Å². The first-order chi connectivity index (χ1) is 5.20. The largest absolute Gasteiger partial charge is 0.353 e. The summed E-state index contributed by atoms with van der Waals surface area (Å²) < 4.78 is 0. The van der Waals surface area contributed by atoms with Crippen molar-refractivity contribution in [3.8, 4) is 0 Å². The second kappa shape index (κ2) is 6.16. The van der Waals surface area contributed by atoms with Gasteiger partial charge in [0.1, 0.15) is 0 Å². The van der Waals surface area contributed by atoms with E-state index in [2.05, 4.69) is 17.6 Å². The molecule has 0 aromatic carbocycles. The van der Waals surface area contributed by atoms with E-state index in [1.807, 2.05) is 13.8 Å². The van der Waals surface area contributed by atoms with E-state index >= 15 is 0 Å². The number of nitrogens with one attached hydrogen (secondary N) is 2. The quantitative estimate of drug-likeness (QED) is 0.612. The van der Waals surface area contributed by atoms with Gasteiger partial charge in [0.05, 0.1) is 6.54 Å². The van der Waals surface area contributed by atoms with Gasteiger partial charge >= 0.3 is 0 Å². The van der Waals surface area contributed by atoms with Crippen LogP contribution in [0.3, 0.4) is 0 Å². The average molecular weight is 158 g/mol. The number of rotatable bonds is 5. The molecule has 0 heterocycles. The Bertz CT molecular complexity index is 115. The molecule has 66 valence electrons. The van der Waals surface area contributed by atoms with Crippen LogP contribution in [0.4, 0.5) is 0 Å². The zero-order chi connectivity index (χ0) is 8.69. The average Bonchev–Trinajstić information content (AvgIpc) is 2.00. The molecule has 1 atom stereocenters. The Kier molecular flexibility index (Phi) is 5.84. The molecule has 0 rings (SSSR count). The van der Waals surface area contributed by atoms with Crippen LogP contribution in [0.15, 0.2) is 0 Å². The molecule has 0 fully saturated rings. The van der Waals surface area contributed by atoms with Crippen LogP contribution in [0.1, 0.15) is 27.2 Å². The second-order valence-corrected chi connectivity index (χ2v) is 2.66. The number of amides is 1. The second-order valence-electron chi connectivity index (χ2n) is 2.66. The summed E-state index contributed by atoms with van der Waals surface area (Å²) >= 11 is 0. The Morgan fingerprint density at radius 2 is 2.09 bits per heavy atom. The maximum absolute atomic E-state index is 11.0. The van der Waals surface area contributed by atoms with E-state index < -0.39 is 0 Å². The molecule has 0 aromatic rings. The number of hydrogen-bond donors (Lipinski definition) is 2. The van der Waals surface area contributed by atoms with Crippen molar-refractivity contribution in [1.29, 1.82) is 0 Å². The molecule has 0 aliphatic carbocycles. The number of carbonyl (C=O) groups excluding carboxylic acids is 1. The van der Waals surface area contributed by atoms with Gasteiger partial charge in [-0.05, 0) is 19.9 Å². The van der Waals surface area contributed by atoms with E-state index in [0.29, 0.717) is 12.6 Å². The molecule has 0 saturated carbocycles. The summed E-state index contributed by atoms with van der Waals surface area (Å²) in [6, 6.07) is 0.293. The fourth-order valence-corrected chi connectivity index (χ4v) is 0.666. The minimum Gasteiger partial charge on any atom is -0.353 e. The van der Waals surface area contributed by atoms with E-state index in [9.17, 15) is 4.79 Å². The molecular formula is C8H18N2O. The molecule has 0 saturated heterocycles. The van der Waals surface area contributed by atoms with Crippen LogP contribution in [0.5, 0.6) is 0 Å². The summed E-state index contributed by atoms with van der Waals surface area (Å²) in [5, 5.41) is 5.83. The SMILES string of the molecule is CCNCC(=O)N[C@@H](C)CC. The van der Waals surface area contributed by atoms with Crippen molar-refractivity contribution < 1.29 is 4.79 Å². The van der Waals surface area contributed by atoms with Crippen molar-refractivity contribution in [2.75, 3.05) is 13.1 Å². The van der Waals surface area contributed by atoms with Crippen LogP contribution in [0, 0.1) is 0 Å². The Labute approximate surface area is 68.6 Å². The van der Waals surface area contributed by atoms with Gasteiger partial charge in [-0.15, -0.1) is 0 Å². The van der Waals surface area contributed by atoms with Crippen LogP contribution >= 0.6 is 0 Å². The van der Waals surface area contributed by atoms with Crippen molar-refractivity contribution >= 4 is 5.91 Å². The van der Waals surface area contributed by atoms with Crippen LogP contribution in [0.25, 0.3) is 0 Å². The van der Waals surface area contributed by atoms with Gasteiger partial charge in [-0.3, -0.25) is 4.79 Å². The van der Waals surface area contributed by atoms with Crippen LogP contribution < -0.4 is 10.6 Å². The van der Waals surface area contributed by atoms with Gasteiger partial charge in [0.15, 0.2) is 0 Å². The van der Waals surface area contributed by atoms with E-state index in [1.165, 1.54) is 0 Å². The third-order valence-electron chi connectivity index (χ3n) is 1.56. The van der Waals surface area contributed by atoms with Gasteiger partial charge in [-0.25, -0.2) is 0 Å². The third kappa shape index (κ3) is 5.85. The molecule has 3 heteroatoms. The van der Waals surface area contributed by atoms with Crippen LogP contribution in [-0.2, 0) is 4.79 Å². The van der Waals surface area contributed by atoms with Gasteiger partial charge in [-0.2, -0.15) is 0 Å². The highest BCUT2D eigenvalue weighted by atomic mass is 16.1. The van der Waals surface area contributed by atoms with E-state index in [-0.39, 0.29) is 5.91 Å². The smallest absolute Gasteiger partial charge is 0.234 e. The van der Waals surface area contributed by atoms with Crippen LogP contribution in [-0.4, -0.2) is 25.0 Å². The van der Waals surface area contributed by atoms with Crippen molar-refractivity contribution in [3.05, 3.63) is 0 Å². The first kappa shape index (κ1) is 10.4. The lowest BCUT2D eigenvalue weighted by Gasteiger charge is -2.10. The van der Waals surface area contributed by atoms with Crippen molar-refractivity contribution in [3.63, 3.8) is 0 Å². The summed E-state index contributed by atoms with van der Waals surface area (Å²) in [6.45, 7) is 7.31. The standard InChI is InChI=1S/C8H18N2O/c1-4-7(3)10-8(11)6-9-5-2/h7,9H,4-6H2,1-3H3,(H,10,11)/t7-/m0/s1. The molecule has 3 nitrogen and oxygen atoms in total. The highest BCUT2D eigenvalue weighted by Gasteiger charge is 2.02. The molecule has 0 spiro atoms. The summed E-state index contributed by atoms with van der Waals surface area (Å²) in [5.41, 5.74) is 0. The minimum atomic E-state index is 0.0844. The molecule has 2 N–H and O–H groups in total. The summed E-state index contributed by atoms with van der Waals surface area (Å²) in [4.78, 5) is 11.0. The molecule has 1 amide bonds. The Morgan fingerprint density at radius 1 is 1.45 bits per heavy atom. The van der Waals surface area contributed by atoms with Gasteiger partial charge in [0.2, 0.25) is 5.91 Å². The molecule has 0 aliphatic heterocycles. The topological polar surface area (TPSA) is 41.1 Å². The highest BCUT2D eigenvalue weighted by Crippen LogP contribution is 1.85. The van der Waals surface area contributed by atoms with E-state index in [4.69, 9.17) is 0 Å². The third-order valence-corrected chi connectivity index (χ3v) is 1.56. The maximum Gasteiger partial charge on any atom is 0.234 e. The summed E-state index contributed by atoms with van der Waals surface area (Å²) in [5.74, 6) is 0.0844. The highest BCUT2D eigenvalue weighted by molar-refractivity contribution is 5.78. The summed E-state index contributed by atoms with van der Waals surface area (Å²) in [6.07, 6.45) is 0.984. The molecular weight excluding hydrogens is 140 g/mol. The molecule has 11 heavy (non-hydrogen) atoms. The fourth-order valence-electron chi connectivity index (χ4n) is 0.666. The normalized spacial score (nSPS) is 12.6. The van der Waals surface area contributed by atoms with Crippen molar-refractivity contribution in [2.24, 2.45) is 0 Å². The lowest BCUT2D eigenvalue weighted by molar-refractivity contribution is -0.120. The predicted octanol–water partition coefficient (Wildman–Crippen LogP) is 0.511. The zero-order valence-electron chi connectivity index (χ0n) is 7.61. The first-order valence-electron chi connectivity index (χ1n) is 4.20. The van der Waals surface area contributed by atoms with Gasteiger partial charge < -0.3 is 10.6 Å². The van der Waals surface area contributed by atoms with Crippen LogP contribution in [0.2, 0.25) is 0 Å². The lowest BCUT2D eigenvalue weighted by atomic mass is 10.2. The minimum absolute atomic E-state index is 0.0844. The fraction of sp³-hybridized carbons (Fsp3) is 0.875. The van der Waals surface area contributed by atoms with E-state index in [1.54, 1.807) is 0 Å². The Hall–Kier alpha value is -0.570. The molecule has 0 bridgehead atoms. The van der Waals surface area contributed by atoms with Crippen molar-refractivity contribution in [1.82, 2.24) is 10.6 Å². The maximum atomic E-state index is 11.0. The zero-order valence-corrected chi connectivity index (χ0v) is 7.61. The number of likely N-dealkylation sites (N-methyl/N-ethyl adjacent to an activating group) is 1. The van der Waals surface area contributed by atoms with Gasteiger partial charge in [0.25, 0.3) is 0 Å². The molecule has 0 aromatic heterocycles. The van der Waals surface area contributed by atoms with Gasteiger partial charge in [-0.1, -0.05) is 13.8 Å². The van der Waals surface area contributed by atoms with Crippen molar-refractivity contribution in [2.45, 2.75) is 33.2 Å². The number of carbonyl (C=O) groups is 1. The van der Waals surface area contributed by atoms with Gasteiger partial charge in [0, 0.05) is 6.04 Å². The lowest BCUT2D eigenvalue weighted by Crippen LogP contribution is -2.38. The first-order valence-corrected chi connectivity index (χ1v) is 4.20. The number of hydrogen-bond acceptors (Lipinski definition) is 2.